The molecule has 0 saturated carbocycles. The zero-order chi connectivity index (χ0) is 16.7. The lowest BCUT2D eigenvalue weighted by Crippen LogP contribution is -2.23. The monoisotopic (exact) mass is 334 g/mol. The molecule has 0 spiro atoms. The van der Waals surface area contributed by atoms with Crippen molar-refractivity contribution in [1.82, 2.24) is 5.32 Å². The fourth-order valence-corrected chi connectivity index (χ4v) is 2.34. The van der Waals surface area contributed by atoms with Crippen molar-refractivity contribution >= 4 is 23.2 Å². The maximum atomic E-state index is 12.8. The number of hydrogen-bond donors (Lipinski definition) is 2. The van der Waals surface area contributed by atoms with E-state index in [4.69, 9.17) is 11.6 Å². The smallest absolute Gasteiger partial charge is 0.225 e. The van der Waals surface area contributed by atoms with E-state index in [1.165, 1.54) is 12.1 Å². The molecule has 0 aliphatic heterocycles. The number of anilines is 1. The van der Waals surface area contributed by atoms with Gasteiger partial charge in [0.25, 0.3) is 0 Å². The van der Waals surface area contributed by atoms with Crippen LogP contribution in [0, 0.1) is 12.7 Å². The third kappa shape index (κ3) is 5.66. The molecule has 0 aliphatic carbocycles. The topological polar surface area (TPSA) is 41.1 Å². The molecule has 0 aromatic heterocycles. The summed E-state index contributed by atoms with van der Waals surface area (Å²) < 4.78 is 12.8. The van der Waals surface area contributed by atoms with Gasteiger partial charge in [0.15, 0.2) is 0 Å². The van der Waals surface area contributed by atoms with E-state index in [9.17, 15) is 9.18 Å². The van der Waals surface area contributed by atoms with Crippen LogP contribution in [-0.2, 0) is 11.2 Å². The zero-order valence-electron chi connectivity index (χ0n) is 13.0. The van der Waals surface area contributed by atoms with Crippen molar-refractivity contribution in [2.45, 2.75) is 19.8 Å². The molecule has 3 nitrogen and oxygen atoms in total. The molecule has 0 saturated heterocycles. The number of hydrogen-bond acceptors (Lipinski definition) is 2. The van der Waals surface area contributed by atoms with Crippen LogP contribution in [0.3, 0.4) is 0 Å². The highest BCUT2D eigenvalue weighted by atomic mass is 35.5. The van der Waals surface area contributed by atoms with E-state index in [0.29, 0.717) is 18.0 Å². The second kappa shape index (κ2) is 8.65. The minimum atomic E-state index is -0.227. The van der Waals surface area contributed by atoms with Gasteiger partial charge < -0.3 is 10.6 Å². The Hall–Kier alpha value is -1.91. The molecule has 0 atom stereocenters. The van der Waals surface area contributed by atoms with Crippen molar-refractivity contribution in [2.75, 3.05) is 18.4 Å². The minimum Gasteiger partial charge on any atom is -0.326 e. The van der Waals surface area contributed by atoms with Gasteiger partial charge in [-0.2, -0.15) is 0 Å². The first kappa shape index (κ1) is 17.4. The Morgan fingerprint density at radius 3 is 2.61 bits per heavy atom. The predicted molar refractivity (Wildman–Crippen MR) is 92.4 cm³/mol. The van der Waals surface area contributed by atoms with Crippen LogP contribution < -0.4 is 10.6 Å². The fourth-order valence-electron chi connectivity index (χ4n) is 2.17. The molecule has 0 bridgehead atoms. The quantitative estimate of drug-likeness (QED) is 0.753. The molecule has 0 heterocycles. The maximum absolute atomic E-state index is 12.8. The molecule has 2 aromatic carbocycles. The first-order valence-electron chi connectivity index (χ1n) is 7.56. The summed E-state index contributed by atoms with van der Waals surface area (Å²) in [5.41, 5.74) is 2.68. The third-order valence-electron chi connectivity index (χ3n) is 3.57. The molecule has 1 amide bonds. The van der Waals surface area contributed by atoms with Gasteiger partial charge in [0.2, 0.25) is 5.91 Å². The van der Waals surface area contributed by atoms with Crippen molar-refractivity contribution < 1.29 is 9.18 Å². The fraction of sp³-hybridized carbons (Fsp3) is 0.278. The van der Waals surface area contributed by atoms with Gasteiger partial charge in [0.1, 0.15) is 5.82 Å². The van der Waals surface area contributed by atoms with E-state index in [-0.39, 0.29) is 11.7 Å². The Balaban J connectivity index is 1.67. The number of amides is 1. The zero-order valence-corrected chi connectivity index (χ0v) is 13.8. The molecule has 0 radical (unpaired) electrons. The molecule has 0 unspecified atom stereocenters. The second-order valence-electron chi connectivity index (χ2n) is 5.34. The van der Waals surface area contributed by atoms with E-state index in [2.05, 4.69) is 10.6 Å². The summed E-state index contributed by atoms with van der Waals surface area (Å²) in [7, 11) is 0. The van der Waals surface area contributed by atoms with E-state index in [1.807, 2.05) is 19.1 Å². The van der Waals surface area contributed by atoms with Crippen LogP contribution in [0.5, 0.6) is 0 Å². The van der Waals surface area contributed by atoms with Crippen LogP contribution in [0.25, 0.3) is 0 Å². The van der Waals surface area contributed by atoms with Gasteiger partial charge in [0.05, 0.1) is 0 Å². The van der Waals surface area contributed by atoms with E-state index in [0.717, 1.165) is 29.8 Å². The molecule has 23 heavy (non-hydrogen) atoms. The summed E-state index contributed by atoms with van der Waals surface area (Å²) in [5.74, 6) is -0.278. The van der Waals surface area contributed by atoms with Crippen LogP contribution in [-0.4, -0.2) is 19.0 Å². The summed E-state index contributed by atoms with van der Waals surface area (Å²) in [6.45, 7) is 3.21. The SMILES string of the molecule is Cc1c(Cl)cccc1NC(=O)CCNCCc1ccc(F)cc1. The largest absolute Gasteiger partial charge is 0.326 e. The Labute approximate surface area is 140 Å². The molecule has 0 fully saturated rings. The first-order valence-corrected chi connectivity index (χ1v) is 7.94. The van der Waals surface area contributed by atoms with Gasteiger partial charge >= 0.3 is 0 Å². The highest BCUT2D eigenvalue weighted by Crippen LogP contribution is 2.22. The second-order valence-corrected chi connectivity index (χ2v) is 5.74. The van der Waals surface area contributed by atoms with E-state index >= 15 is 0 Å². The number of carbonyl (C=O) groups is 1. The molecule has 2 aromatic rings. The number of carbonyl (C=O) groups excluding carboxylic acids is 1. The van der Waals surface area contributed by atoms with Crippen LogP contribution in [0.1, 0.15) is 17.5 Å². The van der Waals surface area contributed by atoms with Gasteiger partial charge in [-0.15, -0.1) is 0 Å². The summed E-state index contributed by atoms with van der Waals surface area (Å²) in [6.07, 6.45) is 1.19. The van der Waals surface area contributed by atoms with Crippen molar-refractivity contribution in [3.05, 3.63) is 64.4 Å². The van der Waals surface area contributed by atoms with Crippen LogP contribution in [0.2, 0.25) is 5.02 Å². The van der Waals surface area contributed by atoms with Crippen molar-refractivity contribution in [1.29, 1.82) is 0 Å². The van der Waals surface area contributed by atoms with E-state index in [1.54, 1.807) is 18.2 Å². The molecular formula is C18H20ClFN2O. The Bertz CT molecular complexity index is 659. The average molecular weight is 335 g/mol. The van der Waals surface area contributed by atoms with Gasteiger partial charge in [0, 0.05) is 23.7 Å². The lowest BCUT2D eigenvalue weighted by molar-refractivity contribution is -0.116. The van der Waals surface area contributed by atoms with E-state index < -0.39 is 0 Å². The first-order chi connectivity index (χ1) is 11.1. The van der Waals surface area contributed by atoms with Gasteiger partial charge in [-0.05, 0) is 55.3 Å². The Morgan fingerprint density at radius 2 is 1.87 bits per heavy atom. The summed E-state index contributed by atoms with van der Waals surface area (Å²) in [6, 6.07) is 11.9. The highest BCUT2D eigenvalue weighted by Gasteiger charge is 2.06. The Kier molecular flexibility index (Phi) is 6.56. The van der Waals surface area contributed by atoms with Gasteiger partial charge in [-0.1, -0.05) is 29.8 Å². The molecule has 2 N–H and O–H groups in total. The van der Waals surface area contributed by atoms with Crippen LogP contribution in [0.15, 0.2) is 42.5 Å². The highest BCUT2D eigenvalue weighted by molar-refractivity contribution is 6.31. The average Bonchev–Trinajstić information content (AvgIpc) is 2.53. The lowest BCUT2D eigenvalue weighted by atomic mass is 10.1. The third-order valence-corrected chi connectivity index (χ3v) is 3.98. The molecular weight excluding hydrogens is 315 g/mol. The number of nitrogens with one attached hydrogen (secondary N) is 2. The number of rotatable bonds is 7. The summed E-state index contributed by atoms with van der Waals surface area (Å²) in [4.78, 5) is 11.9. The molecule has 5 heteroatoms. The van der Waals surface area contributed by atoms with Crippen LogP contribution in [0.4, 0.5) is 10.1 Å². The molecule has 2 rings (SSSR count). The molecule has 122 valence electrons. The minimum absolute atomic E-state index is 0.0513. The van der Waals surface area contributed by atoms with Crippen LogP contribution >= 0.6 is 11.6 Å². The standard InChI is InChI=1S/C18H20ClFN2O/c1-13-16(19)3-2-4-17(13)22-18(23)10-12-21-11-9-14-5-7-15(20)8-6-14/h2-8,21H,9-12H2,1H3,(H,22,23). The molecule has 0 aliphatic rings. The van der Waals surface area contributed by atoms with Gasteiger partial charge in [-0.3, -0.25) is 4.79 Å². The van der Waals surface area contributed by atoms with Gasteiger partial charge in [-0.25, -0.2) is 4.39 Å². The number of benzene rings is 2. The van der Waals surface area contributed by atoms with Crippen molar-refractivity contribution in [2.24, 2.45) is 0 Å². The number of halogens is 2. The summed E-state index contributed by atoms with van der Waals surface area (Å²) in [5, 5.41) is 6.71. The predicted octanol–water partition coefficient (Wildman–Crippen LogP) is 3.95. The maximum Gasteiger partial charge on any atom is 0.225 e. The Morgan fingerprint density at radius 1 is 1.13 bits per heavy atom. The van der Waals surface area contributed by atoms with Crippen molar-refractivity contribution in [3.63, 3.8) is 0 Å². The normalized spacial score (nSPS) is 10.6. The summed E-state index contributed by atoms with van der Waals surface area (Å²) >= 11 is 6.02. The van der Waals surface area contributed by atoms with Crippen molar-refractivity contribution in [3.8, 4) is 0 Å². The lowest BCUT2D eigenvalue weighted by Gasteiger charge is -2.10.